The van der Waals surface area contributed by atoms with Gasteiger partial charge in [0.05, 0.1) is 10.8 Å². The van der Waals surface area contributed by atoms with Gasteiger partial charge in [0.2, 0.25) is 0 Å². The van der Waals surface area contributed by atoms with Gasteiger partial charge in [-0.2, -0.15) is 0 Å². The molecule has 0 N–H and O–H groups in total. The monoisotopic (exact) mass is 510 g/mol. The number of amides is 1. The lowest BCUT2D eigenvalue weighted by molar-refractivity contribution is 0.114. The van der Waals surface area contributed by atoms with Gasteiger partial charge < -0.3 is 9.64 Å². The highest BCUT2D eigenvalue weighted by Crippen LogP contribution is 2.52. The van der Waals surface area contributed by atoms with Crippen LogP contribution in [0.25, 0.3) is 10.4 Å². The van der Waals surface area contributed by atoms with Crippen LogP contribution in [0.4, 0.5) is 4.79 Å². The number of ether oxygens (including phenoxy) is 1. The van der Waals surface area contributed by atoms with Crippen LogP contribution in [0, 0.1) is 0 Å². The second-order valence-corrected chi connectivity index (χ2v) is 10.2. The van der Waals surface area contributed by atoms with Crippen molar-refractivity contribution >= 4 is 17.9 Å². The molecule has 1 heterocycles. The molecule has 7 heteroatoms. The summed E-state index contributed by atoms with van der Waals surface area (Å²) in [5.74, 6) is 0. The van der Waals surface area contributed by atoms with Gasteiger partial charge in [0, 0.05) is 23.3 Å². The van der Waals surface area contributed by atoms with Crippen molar-refractivity contribution in [1.82, 2.24) is 4.90 Å². The van der Waals surface area contributed by atoms with E-state index in [0.717, 1.165) is 6.42 Å². The van der Waals surface area contributed by atoms with Gasteiger partial charge in [-0.1, -0.05) is 121 Å². The molecule has 1 fully saturated rings. The van der Waals surface area contributed by atoms with E-state index < -0.39 is 4.75 Å². The number of likely N-dealkylation sites (tertiary alicyclic amines) is 1. The maximum absolute atomic E-state index is 13.0. The molecular weight excluding hydrogens is 480 g/mol. The summed E-state index contributed by atoms with van der Waals surface area (Å²) in [6.45, 7) is 4.58. The molecule has 188 valence electrons. The first kappa shape index (κ1) is 26.1. The zero-order chi connectivity index (χ0) is 25.9. The molecule has 0 spiro atoms. The van der Waals surface area contributed by atoms with Crippen LogP contribution >= 0.6 is 11.8 Å². The molecule has 1 saturated heterocycles. The van der Waals surface area contributed by atoms with Gasteiger partial charge in [-0.05, 0) is 28.6 Å². The molecule has 4 rings (SSSR count). The topological polar surface area (TPSA) is 78.3 Å². The molecule has 37 heavy (non-hydrogen) atoms. The van der Waals surface area contributed by atoms with Gasteiger partial charge in [-0.15, -0.1) is 11.8 Å². The number of thioether (sulfide) groups is 1. The van der Waals surface area contributed by atoms with Gasteiger partial charge >= 0.3 is 6.09 Å². The fourth-order valence-electron chi connectivity index (χ4n) is 4.79. The highest BCUT2D eigenvalue weighted by molar-refractivity contribution is 8.01. The number of carbonyl (C=O) groups is 1. The number of azide groups is 1. The van der Waals surface area contributed by atoms with Gasteiger partial charge in [0.1, 0.15) is 6.61 Å². The summed E-state index contributed by atoms with van der Waals surface area (Å²) in [5.41, 5.74) is 12.2. The van der Waals surface area contributed by atoms with Gasteiger partial charge in [-0.25, -0.2) is 4.79 Å². The third-order valence-corrected chi connectivity index (χ3v) is 8.09. The summed E-state index contributed by atoms with van der Waals surface area (Å²) >= 11 is 1.87. The minimum absolute atomic E-state index is 0.117. The Morgan fingerprint density at radius 2 is 1.57 bits per heavy atom. The Hall–Kier alpha value is -3.93. The van der Waals surface area contributed by atoms with Crippen molar-refractivity contribution in [3.8, 4) is 0 Å². The zero-order valence-electron chi connectivity index (χ0n) is 20.6. The molecule has 6 nitrogen and oxygen atoms in total. The van der Waals surface area contributed by atoms with Crippen molar-refractivity contribution in [3.05, 3.63) is 143 Å². The summed E-state index contributed by atoms with van der Waals surface area (Å²) in [5, 5.41) is 3.71. The molecule has 0 unspecified atom stereocenters. The van der Waals surface area contributed by atoms with Crippen LogP contribution in [0.15, 0.2) is 121 Å². The third kappa shape index (κ3) is 6.08. The fraction of sp³-hybridized carbons (Fsp3) is 0.233. The molecule has 2 atom stereocenters. The molecule has 0 radical (unpaired) electrons. The van der Waals surface area contributed by atoms with Crippen LogP contribution < -0.4 is 0 Å². The molecule has 3 aromatic rings. The number of benzene rings is 3. The number of hydrogen-bond acceptors (Lipinski definition) is 4. The SMILES string of the molecule is C=CCOC(=O)N1C[C@@H](SC(c2ccccc2)(c2ccccc2)c2ccccc2)C[C@H]1/C=C\CN=[N+]=[N-]. The Balaban J connectivity index is 1.75. The molecule has 3 aromatic carbocycles. The van der Waals surface area contributed by atoms with E-state index in [2.05, 4.69) is 89.4 Å². The lowest BCUT2D eigenvalue weighted by Gasteiger charge is -2.37. The van der Waals surface area contributed by atoms with Gasteiger partial charge in [0.15, 0.2) is 0 Å². The average molecular weight is 511 g/mol. The molecule has 1 amide bonds. The highest BCUT2D eigenvalue weighted by atomic mass is 32.2. The van der Waals surface area contributed by atoms with Crippen LogP contribution in [-0.4, -0.2) is 42.0 Å². The summed E-state index contributed by atoms with van der Waals surface area (Å²) in [6.07, 6.45) is 5.70. The number of carbonyl (C=O) groups excluding carboxylic acids is 1. The first-order valence-corrected chi connectivity index (χ1v) is 13.1. The molecule has 0 bridgehead atoms. The van der Waals surface area contributed by atoms with E-state index in [9.17, 15) is 4.79 Å². The predicted octanol–water partition coefficient (Wildman–Crippen LogP) is 7.34. The van der Waals surface area contributed by atoms with E-state index in [1.54, 1.807) is 11.0 Å². The van der Waals surface area contributed by atoms with E-state index in [1.165, 1.54) is 16.7 Å². The van der Waals surface area contributed by atoms with Crippen LogP contribution in [0.3, 0.4) is 0 Å². The third-order valence-electron chi connectivity index (χ3n) is 6.36. The smallest absolute Gasteiger partial charge is 0.410 e. The van der Waals surface area contributed by atoms with Gasteiger partial charge in [-0.3, -0.25) is 0 Å². The lowest BCUT2D eigenvalue weighted by atomic mass is 9.84. The average Bonchev–Trinajstić information content (AvgIpc) is 3.36. The minimum Gasteiger partial charge on any atom is -0.445 e. The van der Waals surface area contributed by atoms with Crippen LogP contribution in [0.2, 0.25) is 0 Å². The van der Waals surface area contributed by atoms with E-state index in [0.29, 0.717) is 6.54 Å². The van der Waals surface area contributed by atoms with Crippen molar-refractivity contribution < 1.29 is 9.53 Å². The maximum Gasteiger partial charge on any atom is 0.410 e. The van der Waals surface area contributed by atoms with Crippen molar-refractivity contribution in [2.75, 3.05) is 19.7 Å². The largest absolute Gasteiger partial charge is 0.445 e. The Morgan fingerprint density at radius 1 is 1.03 bits per heavy atom. The van der Waals surface area contributed by atoms with Gasteiger partial charge in [0.25, 0.3) is 0 Å². The predicted molar refractivity (Wildman–Crippen MR) is 150 cm³/mol. The van der Waals surface area contributed by atoms with E-state index >= 15 is 0 Å². The van der Waals surface area contributed by atoms with Crippen molar-refractivity contribution in [2.45, 2.75) is 22.5 Å². The number of hydrogen-bond donors (Lipinski definition) is 0. The van der Waals surface area contributed by atoms with Crippen molar-refractivity contribution in [1.29, 1.82) is 0 Å². The van der Waals surface area contributed by atoms with Crippen LogP contribution in [0.1, 0.15) is 23.1 Å². The second-order valence-electron chi connectivity index (χ2n) is 8.68. The maximum atomic E-state index is 13.0. The second kappa shape index (κ2) is 12.9. The summed E-state index contributed by atoms with van der Waals surface area (Å²) < 4.78 is 4.93. The fourth-order valence-corrected chi connectivity index (χ4v) is 6.64. The molecule has 0 aromatic heterocycles. The van der Waals surface area contributed by atoms with E-state index in [4.69, 9.17) is 10.3 Å². The summed E-state index contributed by atoms with van der Waals surface area (Å²) in [7, 11) is 0. The highest BCUT2D eigenvalue weighted by Gasteiger charge is 2.44. The first-order valence-electron chi connectivity index (χ1n) is 12.2. The standard InChI is InChI=1S/C30H30N4O2S/c1-2-21-36-29(35)34-23-28(22-27(34)19-12-20-32-33-31)37-30(24-13-6-3-7-14-24,25-15-8-4-9-16-25)26-17-10-5-11-18-26/h2-19,27-28H,1,20-23H2/b19-12-/t27-,28+/m1/s1. The van der Waals surface area contributed by atoms with Crippen molar-refractivity contribution in [3.63, 3.8) is 0 Å². The Bertz CT molecular complexity index is 1150. The Morgan fingerprint density at radius 3 is 2.05 bits per heavy atom. The molecule has 0 aliphatic carbocycles. The summed E-state index contributed by atoms with van der Waals surface area (Å²) in [6, 6.07) is 31.4. The molecule has 0 saturated carbocycles. The Kier molecular flexibility index (Phi) is 9.08. The lowest BCUT2D eigenvalue weighted by Crippen LogP contribution is -2.36. The van der Waals surface area contributed by atoms with Crippen molar-refractivity contribution in [2.24, 2.45) is 5.11 Å². The molecule has 1 aliphatic heterocycles. The van der Waals surface area contributed by atoms with Crippen LogP contribution in [0.5, 0.6) is 0 Å². The zero-order valence-corrected chi connectivity index (χ0v) is 21.4. The molecule has 1 aliphatic rings. The number of nitrogens with zero attached hydrogens (tertiary/aromatic N) is 4. The quantitative estimate of drug-likeness (QED) is 0.0941. The first-order chi connectivity index (χ1) is 18.2. The Labute approximate surface area is 222 Å². The normalized spacial score (nSPS) is 17.4. The molecular formula is C30H30N4O2S. The minimum atomic E-state index is -0.477. The number of rotatable bonds is 10. The van der Waals surface area contributed by atoms with Crippen LogP contribution in [-0.2, 0) is 9.48 Å². The van der Waals surface area contributed by atoms with E-state index in [1.807, 2.05) is 42.1 Å². The van der Waals surface area contributed by atoms with E-state index in [-0.39, 0.29) is 30.5 Å². The summed E-state index contributed by atoms with van der Waals surface area (Å²) in [4.78, 5) is 17.5.